The SMILES string of the molecule is C1=CC(c2nc(-c3ccc(-c4cc5c(c6ncccc46)N=CCC5)cc3)nc(-c3cccc(-c4ccccc4)c3)n2)=CC(c2ccccc2)C1. The number of hydrogen-bond acceptors (Lipinski definition) is 5. The normalized spacial score (nSPS) is 15.1. The van der Waals surface area contributed by atoms with Gasteiger partial charge in [-0.05, 0) is 70.8 Å². The Kier molecular flexibility index (Phi) is 7.71. The van der Waals surface area contributed by atoms with E-state index in [0.29, 0.717) is 17.5 Å². The molecule has 5 aromatic carbocycles. The number of hydrogen-bond donors (Lipinski definition) is 0. The van der Waals surface area contributed by atoms with Crippen molar-refractivity contribution in [3.8, 4) is 45.0 Å². The summed E-state index contributed by atoms with van der Waals surface area (Å²) < 4.78 is 0. The molecule has 0 N–H and O–H groups in total. The van der Waals surface area contributed by atoms with Gasteiger partial charge in [0.1, 0.15) is 0 Å². The van der Waals surface area contributed by atoms with Crippen LogP contribution in [0.25, 0.3) is 61.5 Å². The van der Waals surface area contributed by atoms with E-state index < -0.39 is 0 Å². The van der Waals surface area contributed by atoms with Crippen molar-refractivity contribution in [3.63, 3.8) is 0 Å². The number of aryl methyl sites for hydroxylation is 1. The predicted octanol–water partition coefficient (Wildman–Crippen LogP) is 10.9. The molecule has 2 aliphatic rings. The van der Waals surface area contributed by atoms with E-state index in [1.165, 1.54) is 11.1 Å². The van der Waals surface area contributed by atoms with Crippen LogP contribution in [-0.4, -0.2) is 26.2 Å². The molecular formula is C45H33N5. The van der Waals surface area contributed by atoms with Crippen LogP contribution in [0, 0.1) is 0 Å². The Bertz CT molecular complexity index is 2450. The lowest BCUT2D eigenvalue weighted by atomic mass is 9.89. The van der Waals surface area contributed by atoms with Crippen molar-refractivity contribution in [2.24, 2.45) is 4.99 Å². The molecule has 0 saturated carbocycles. The average molecular weight is 644 g/mol. The average Bonchev–Trinajstić information content (AvgIpc) is 3.21. The fourth-order valence-corrected chi connectivity index (χ4v) is 7.03. The van der Waals surface area contributed by atoms with Gasteiger partial charge in [-0.3, -0.25) is 9.98 Å². The number of aromatic nitrogens is 4. The summed E-state index contributed by atoms with van der Waals surface area (Å²) in [6, 6.07) is 44.5. The van der Waals surface area contributed by atoms with Crippen LogP contribution in [-0.2, 0) is 6.42 Å². The van der Waals surface area contributed by atoms with Crippen LogP contribution < -0.4 is 0 Å². The van der Waals surface area contributed by atoms with Crippen molar-refractivity contribution in [1.82, 2.24) is 19.9 Å². The Morgan fingerprint density at radius 1 is 0.580 bits per heavy atom. The first-order chi connectivity index (χ1) is 24.8. The van der Waals surface area contributed by atoms with Gasteiger partial charge in [0.2, 0.25) is 0 Å². The number of fused-ring (bicyclic) bond motifs is 3. The molecule has 0 radical (unpaired) electrons. The second-order valence-electron chi connectivity index (χ2n) is 12.8. The van der Waals surface area contributed by atoms with Crippen LogP contribution in [0.15, 0.2) is 157 Å². The van der Waals surface area contributed by atoms with Crippen molar-refractivity contribution in [1.29, 1.82) is 0 Å². The van der Waals surface area contributed by atoms with Crippen molar-refractivity contribution in [3.05, 3.63) is 169 Å². The molecule has 3 heterocycles. The van der Waals surface area contributed by atoms with Crippen molar-refractivity contribution >= 4 is 28.4 Å². The van der Waals surface area contributed by atoms with Crippen LogP contribution in [0.3, 0.4) is 0 Å². The van der Waals surface area contributed by atoms with Gasteiger partial charge in [-0.1, -0.05) is 127 Å². The van der Waals surface area contributed by atoms with E-state index in [4.69, 9.17) is 24.9 Å². The Hall–Kier alpha value is -6.33. The van der Waals surface area contributed by atoms with Gasteiger partial charge in [-0.2, -0.15) is 0 Å². The smallest absolute Gasteiger partial charge is 0.164 e. The molecule has 2 aromatic heterocycles. The number of aliphatic imine (C=N–C) groups is 1. The summed E-state index contributed by atoms with van der Waals surface area (Å²) in [7, 11) is 0. The van der Waals surface area contributed by atoms with E-state index in [9.17, 15) is 0 Å². The van der Waals surface area contributed by atoms with Gasteiger partial charge in [0.15, 0.2) is 17.5 Å². The van der Waals surface area contributed by atoms with Crippen molar-refractivity contribution in [2.75, 3.05) is 0 Å². The zero-order valence-electron chi connectivity index (χ0n) is 27.4. The van der Waals surface area contributed by atoms with Gasteiger partial charge in [0, 0.05) is 40.4 Å². The first-order valence-electron chi connectivity index (χ1n) is 17.2. The van der Waals surface area contributed by atoms with Gasteiger partial charge in [-0.25, -0.2) is 15.0 Å². The van der Waals surface area contributed by atoms with Gasteiger partial charge in [0.05, 0.1) is 11.2 Å². The predicted molar refractivity (Wildman–Crippen MR) is 204 cm³/mol. The Morgan fingerprint density at radius 3 is 2.14 bits per heavy atom. The number of rotatable bonds is 6. The lowest BCUT2D eigenvalue weighted by Gasteiger charge is -2.17. The summed E-state index contributed by atoms with van der Waals surface area (Å²) in [5.74, 6) is 2.22. The monoisotopic (exact) mass is 643 g/mol. The maximum Gasteiger partial charge on any atom is 0.164 e. The molecule has 1 atom stereocenters. The third kappa shape index (κ3) is 5.73. The van der Waals surface area contributed by atoms with Crippen LogP contribution in [0.1, 0.15) is 35.7 Å². The van der Waals surface area contributed by atoms with E-state index >= 15 is 0 Å². The maximum absolute atomic E-state index is 5.10. The molecule has 5 nitrogen and oxygen atoms in total. The summed E-state index contributed by atoms with van der Waals surface area (Å²) in [4.78, 5) is 24.7. The number of benzene rings is 5. The number of nitrogens with zero attached hydrogens (tertiary/aromatic N) is 5. The summed E-state index contributed by atoms with van der Waals surface area (Å²) in [5, 5.41) is 1.10. The molecule has 0 fully saturated rings. The number of pyridine rings is 1. The topological polar surface area (TPSA) is 63.9 Å². The highest BCUT2D eigenvalue weighted by molar-refractivity contribution is 6.03. The molecular weight excluding hydrogens is 611 g/mol. The quantitative estimate of drug-likeness (QED) is 0.181. The van der Waals surface area contributed by atoms with E-state index in [0.717, 1.165) is 74.8 Å². The van der Waals surface area contributed by atoms with Gasteiger partial charge >= 0.3 is 0 Å². The fourth-order valence-electron chi connectivity index (χ4n) is 7.03. The second kappa shape index (κ2) is 12.9. The Labute approximate surface area is 291 Å². The third-order valence-corrected chi connectivity index (χ3v) is 9.58. The first-order valence-corrected chi connectivity index (χ1v) is 17.2. The minimum absolute atomic E-state index is 0.257. The van der Waals surface area contributed by atoms with Crippen LogP contribution in [0.4, 0.5) is 5.69 Å². The zero-order chi connectivity index (χ0) is 33.3. The van der Waals surface area contributed by atoms with Gasteiger partial charge in [-0.15, -0.1) is 0 Å². The molecule has 1 aliphatic carbocycles. The van der Waals surface area contributed by atoms with E-state index in [2.05, 4.69) is 133 Å². The lowest BCUT2D eigenvalue weighted by Crippen LogP contribution is -2.05. The van der Waals surface area contributed by atoms with E-state index in [1.807, 2.05) is 24.5 Å². The van der Waals surface area contributed by atoms with E-state index in [1.54, 1.807) is 0 Å². The molecule has 7 aromatic rings. The first kappa shape index (κ1) is 29.8. The summed E-state index contributed by atoms with van der Waals surface area (Å²) in [5.41, 5.74) is 11.9. The summed E-state index contributed by atoms with van der Waals surface area (Å²) >= 11 is 0. The highest BCUT2D eigenvalue weighted by Crippen LogP contribution is 2.39. The standard InChI is InChI=1S/C45H33N5/c1-3-11-30(12-4-1)34-15-7-17-37(27-34)44-48-43(49-45(50-44)38-18-8-16-35(28-38)31-13-5-2-6-14-31)33-23-21-32(22-24-33)40-29-36-19-9-25-46-41(36)42-39(40)20-10-26-47-42/h1-8,10-15,17-18,20-29,35H,9,16,19H2. The minimum atomic E-state index is 0.257. The van der Waals surface area contributed by atoms with Crippen molar-refractivity contribution < 1.29 is 0 Å². The molecule has 50 heavy (non-hydrogen) atoms. The fraction of sp³-hybridized carbons (Fsp3) is 0.0889. The molecule has 238 valence electrons. The van der Waals surface area contributed by atoms with Crippen LogP contribution >= 0.6 is 0 Å². The molecule has 0 amide bonds. The molecule has 0 bridgehead atoms. The second-order valence-corrected chi connectivity index (χ2v) is 12.8. The lowest BCUT2D eigenvalue weighted by molar-refractivity contribution is 0.854. The van der Waals surface area contributed by atoms with Crippen LogP contribution in [0.2, 0.25) is 0 Å². The molecule has 9 rings (SSSR count). The van der Waals surface area contributed by atoms with Crippen molar-refractivity contribution in [2.45, 2.75) is 25.2 Å². The molecule has 0 spiro atoms. The summed E-state index contributed by atoms with van der Waals surface area (Å²) in [6.45, 7) is 0. The third-order valence-electron chi connectivity index (χ3n) is 9.58. The maximum atomic E-state index is 5.10. The summed E-state index contributed by atoms with van der Waals surface area (Å²) in [6.07, 6.45) is 13.4. The van der Waals surface area contributed by atoms with E-state index in [-0.39, 0.29) is 5.92 Å². The molecule has 1 aliphatic heterocycles. The largest absolute Gasteiger partial charge is 0.259 e. The molecule has 5 heteroatoms. The Balaban J connectivity index is 1.15. The van der Waals surface area contributed by atoms with Gasteiger partial charge < -0.3 is 0 Å². The minimum Gasteiger partial charge on any atom is -0.259 e. The van der Waals surface area contributed by atoms with Crippen LogP contribution in [0.5, 0.6) is 0 Å². The van der Waals surface area contributed by atoms with Gasteiger partial charge in [0.25, 0.3) is 0 Å². The molecule has 0 saturated heterocycles. The zero-order valence-corrected chi connectivity index (χ0v) is 27.4. The number of allylic oxidation sites excluding steroid dienone is 4. The highest BCUT2D eigenvalue weighted by atomic mass is 15.0. The molecule has 1 unspecified atom stereocenters. The highest BCUT2D eigenvalue weighted by Gasteiger charge is 2.19. The Morgan fingerprint density at radius 2 is 1.30 bits per heavy atom.